The molecule has 1 aromatic heterocycles. The van der Waals surface area contributed by atoms with Gasteiger partial charge in [-0.3, -0.25) is 0 Å². The summed E-state index contributed by atoms with van der Waals surface area (Å²) >= 11 is 10.7. The highest BCUT2D eigenvalue weighted by molar-refractivity contribution is 9.11. The van der Waals surface area contributed by atoms with E-state index in [2.05, 4.69) is 20.9 Å². The molecular weight excluding hydrogens is 301 g/mol. The Morgan fingerprint density at radius 1 is 1.47 bits per heavy atom. The van der Waals surface area contributed by atoms with Crippen LogP contribution in [0.15, 0.2) is 21.4 Å². The van der Waals surface area contributed by atoms with Gasteiger partial charge in [0.2, 0.25) is 0 Å². The molecule has 0 saturated heterocycles. The van der Waals surface area contributed by atoms with E-state index in [0.29, 0.717) is 21.8 Å². The normalized spacial score (nSPS) is 10.7. The Hall–Kier alpha value is -0.450. The first kappa shape index (κ1) is 11.0. The second kappa shape index (κ2) is 4.20. The molecule has 0 N–H and O–H groups in total. The molecule has 2 aromatic rings. The summed E-state index contributed by atoms with van der Waals surface area (Å²) in [5, 5.41) is 2.35. The van der Waals surface area contributed by atoms with Gasteiger partial charge in [0, 0.05) is 10.9 Å². The molecule has 1 aromatic carbocycles. The molecule has 0 saturated carbocycles. The van der Waals surface area contributed by atoms with Crippen LogP contribution >= 0.6 is 38.9 Å². The van der Waals surface area contributed by atoms with Crippen molar-refractivity contribution in [2.24, 2.45) is 0 Å². The Kier molecular flexibility index (Phi) is 3.09. The Bertz CT molecular complexity index is 512. The zero-order valence-electron chi connectivity index (χ0n) is 7.72. The first-order valence-corrected chi connectivity index (χ1v) is 6.20. The lowest BCUT2D eigenvalue weighted by Gasteiger charge is -2.03. The van der Waals surface area contributed by atoms with Crippen molar-refractivity contribution in [1.82, 2.24) is 4.98 Å². The fourth-order valence-electron chi connectivity index (χ4n) is 1.22. The lowest BCUT2D eigenvalue weighted by atomic mass is 10.1. The van der Waals surface area contributed by atoms with Crippen molar-refractivity contribution in [3.63, 3.8) is 0 Å². The number of benzene rings is 1. The summed E-state index contributed by atoms with van der Waals surface area (Å²) in [6, 6.07) is 3.03. The number of aryl methyl sites for hydroxylation is 1. The Morgan fingerprint density at radius 2 is 2.20 bits per heavy atom. The maximum absolute atomic E-state index is 13.4. The first-order valence-electron chi connectivity index (χ1n) is 4.15. The van der Waals surface area contributed by atoms with E-state index >= 15 is 0 Å². The van der Waals surface area contributed by atoms with Gasteiger partial charge in [-0.1, -0.05) is 11.6 Å². The van der Waals surface area contributed by atoms with E-state index in [4.69, 9.17) is 11.6 Å². The Balaban J connectivity index is 2.58. The summed E-state index contributed by atoms with van der Waals surface area (Å²) in [4.78, 5) is 4.20. The van der Waals surface area contributed by atoms with Crippen LogP contribution in [0.4, 0.5) is 4.39 Å². The quantitative estimate of drug-likeness (QED) is 0.746. The third kappa shape index (κ3) is 2.22. The van der Waals surface area contributed by atoms with Crippen LogP contribution in [0, 0.1) is 12.7 Å². The minimum atomic E-state index is -0.265. The van der Waals surface area contributed by atoms with Crippen LogP contribution in [0.3, 0.4) is 0 Å². The zero-order chi connectivity index (χ0) is 11.0. The minimum Gasteiger partial charge on any atom is -0.229 e. The first-order chi connectivity index (χ1) is 7.08. The van der Waals surface area contributed by atoms with Gasteiger partial charge in [-0.25, -0.2) is 9.37 Å². The van der Waals surface area contributed by atoms with Crippen molar-refractivity contribution in [3.05, 3.63) is 37.8 Å². The molecule has 0 radical (unpaired) electrons. The molecule has 0 atom stereocenters. The molecule has 0 amide bonds. The van der Waals surface area contributed by atoms with Crippen molar-refractivity contribution in [2.45, 2.75) is 6.92 Å². The van der Waals surface area contributed by atoms with Gasteiger partial charge in [-0.2, -0.15) is 0 Å². The summed E-state index contributed by atoms with van der Waals surface area (Å²) in [5.41, 5.74) is 1.86. The highest BCUT2D eigenvalue weighted by Crippen LogP contribution is 2.32. The van der Waals surface area contributed by atoms with Crippen molar-refractivity contribution >= 4 is 38.9 Å². The average Bonchev–Trinajstić information content (AvgIpc) is 2.58. The monoisotopic (exact) mass is 305 g/mol. The number of rotatable bonds is 1. The molecule has 1 nitrogen and oxygen atoms in total. The molecule has 0 aliphatic heterocycles. The molecule has 5 heteroatoms. The topological polar surface area (TPSA) is 12.9 Å². The number of halogens is 3. The number of aromatic nitrogens is 1. The number of thiazole rings is 1. The van der Waals surface area contributed by atoms with Gasteiger partial charge >= 0.3 is 0 Å². The van der Waals surface area contributed by atoms with Crippen molar-refractivity contribution in [3.8, 4) is 11.3 Å². The number of hydrogen-bond acceptors (Lipinski definition) is 2. The zero-order valence-corrected chi connectivity index (χ0v) is 10.9. The highest BCUT2D eigenvalue weighted by atomic mass is 79.9. The summed E-state index contributed by atoms with van der Waals surface area (Å²) in [5.74, 6) is -0.265. The molecule has 78 valence electrons. The summed E-state index contributed by atoms with van der Waals surface area (Å²) in [7, 11) is 0. The van der Waals surface area contributed by atoms with Gasteiger partial charge in [-0.05, 0) is 40.5 Å². The van der Waals surface area contributed by atoms with E-state index in [1.54, 1.807) is 13.0 Å². The van der Waals surface area contributed by atoms with Crippen LogP contribution < -0.4 is 0 Å². The van der Waals surface area contributed by atoms with E-state index in [1.165, 1.54) is 17.4 Å². The van der Waals surface area contributed by atoms with Crippen LogP contribution in [0.2, 0.25) is 5.02 Å². The smallest absolute Gasteiger partial charge is 0.159 e. The van der Waals surface area contributed by atoms with Gasteiger partial charge in [-0.15, -0.1) is 11.3 Å². The Labute approximate surface area is 104 Å². The molecule has 0 aliphatic carbocycles. The van der Waals surface area contributed by atoms with Gasteiger partial charge in [0.15, 0.2) is 3.92 Å². The van der Waals surface area contributed by atoms with E-state index in [1.807, 2.05) is 5.38 Å². The van der Waals surface area contributed by atoms with Gasteiger partial charge in [0.05, 0.1) is 10.7 Å². The van der Waals surface area contributed by atoms with Crippen molar-refractivity contribution in [1.29, 1.82) is 0 Å². The standard InChI is InChI=1S/C10H6BrClFNS/c1-5-2-7(12)6(3-8(5)13)9-4-15-10(11)14-9/h2-4H,1H3. The SMILES string of the molecule is Cc1cc(Cl)c(-c2csc(Br)n2)cc1F. The van der Waals surface area contributed by atoms with Crippen molar-refractivity contribution in [2.75, 3.05) is 0 Å². The highest BCUT2D eigenvalue weighted by Gasteiger charge is 2.10. The van der Waals surface area contributed by atoms with Gasteiger partial charge in [0.1, 0.15) is 5.82 Å². The maximum atomic E-state index is 13.4. The van der Waals surface area contributed by atoms with Crippen LogP contribution in [0.5, 0.6) is 0 Å². The lowest BCUT2D eigenvalue weighted by Crippen LogP contribution is -1.86. The van der Waals surface area contributed by atoms with E-state index in [0.717, 1.165) is 3.92 Å². The molecule has 1 heterocycles. The second-order valence-electron chi connectivity index (χ2n) is 3.07. The summed E-state index contributed by atoms with van der Waals surface area (Å²) in [6.07, 6.45) is 0. The largest absolute Gasteiger partial charge is 0.229 e. The van der Waals surface area contributed by atoms with Crippen LogP contribution in [0.25, 0.3) is 11.3 Å². The van der Waals surface area contributed by atoms with E-state index < -0.39 is 0 Å². The predicted octanol–water partition coefficient (Wildman–Crippen LogP) is 4.67. The predicted molar refractivity (Wildman–Crippen MR) is 65.0 cm³/mol. The third-order valence-electron chi connectivity index (χ3n) is 2.00. The second-order valence-corrected chi connectivity index (χ2v) is 5.61. The van der Waals surface area contributed by atoms with E-state index in [-0.39, 0.29) is 5.82 Å². The summed E-state index contributed by atoms with van der Waals surface area (Å²) < 4.78 is 14.1. The fourth-order valence-corrected chi connectivity index (χ4v) is 2.54. The number of hydrogen-bond donors (Lipinski definition) is 0. The molecular formula is C10H6BrClFNS. The molecule has 0 fully saturated rings. The molecule has 15 heavy (non-hydrogen) atoms. The van der Waals surface area contributed by atoms with Gasteiger partial charge < -0.3 is 0 Å². The Morgan fingerprint density at radius 3 is 2.80 bits per heavy atom. The molecule has 0 bridgehead atoms. The third-order valence-corrected chi connectivity index (χ3v) is 3.68. The maximum Gasteiger partial charge on any atom is 0.159 e. The fraction of sp³-hybridized carbons (Fsp3) is 0.100. The minimum absolute atomic E-state index is 0.265. The van der Waals surface area contributed by atoms with Gasteiger partial charge in [0.25, 0.3) is 0 Å². The van der Waals surface area contributed by atoms with Crippen LogP contribution in [-0.4, -0.2) is 4.98 Å². The number of nitrogens with zero attached hydrogens (tertiary/aromatic N) is 1. The molecule has 2 rings (SSSR count). The lowest BCUT2D eigenvalue weighted by molar-refractivity contribution is 0.619. The molecule has 0 aliphatic rings. The van der Waals surface area contributed by atoms with E-state index in [9.17, 15) is 4.39 Å². The van der Waals surface area contributed by atoms with Crippen LogP contribution in [-0.2, 0) is 0 Å². The summed E-state index contributed by atoms with van der Waals surface area (Å²) in [6.45, 7) is 1.68. The van der Waals surface area contributed by atoms with Crippen LogP contribution in [0.1, 0.15) is 5.56 Å². The average molecular weight is 307 g/mol. The molecule has 0 spiro atoms. The van der Waals surface area contributed by atoms with Crippen molar-refractivity contribution < 1.29 is 4.39 Å². The molecule has 0 unspecified atom stereocenters.